The van der Waals surface area contributed by atoms with Crippen LogP contribution in [0.1, 0.15) is 11.1 Å². The summed E-state index contributed by atoms with van der Waals surface area (Å²) < 4.78 is 0. The van der Waals surface area contributed by atoms with E-state index in [1.807, 2.05) is 47.9 Å². The zero-order valence-corrected chi connectivity index (χ0v) is 10.3. The molecule has 17 heavy (non-hydrogen) atoms. The Balaban J connectivity index is 2.60. The van der Waals surface area contributed by atoms with E-state index in [1.54, 1.807) is 0 Å². The van der Waals surface area contributed by atoms with E-state index in [-0.39, 0.29) is 0 Å². The number of benzene rings is 2. The van der Waals surface area contributed by atoms with Gasteiger partial charge in [0.05, 0.1) is 0 Å². The minimum absolute atomic E-state index is 0.337. The molecule has 0 spiro atoms. The zero-order valence-electron chi connectivity index (χ0n) is 9.47. The van der Waals surface area contributed by atoms with Crippen molar-refractivity contribution in [2.24, 2.45) is 0 Å². The third-order valence-corrected chi connectivity index (χ3v) is 3.02. The van der Waals surface area contributed by atoms with Crippen molar-refractivity contribution in [3.8, 4) is 11.1 Å². The number of rotatable bonds is 2. The van der Waals surface area contributed by atoms with Crippen LogP contribution < -0.4 is 5.48 Å². The summed E-state index contributed by atoms with van der Waals surface area (Å²) in [4.78, 5) is 0.337. The second-order valence-corrected chi connectivity index (χ2v) is 4.21. The van der Waals surface area contributed by atoms with E-state index in [1.165, 1.54) is 5.56 Å². The summed E-state index contributed by atoms with van der Waals surface area (Å²) in [6, 6.07) is 15.9. The van der Waals surface area contributed by atoms with Crippen molar-refractivity contribution in [1.29, 1.82) is 0 Å². The second-order valence-electron chi connectivity index (χ2n) is 3.80. The molecule has 0 aliphatic heterocycles. The summed E-state index contributed by atoms with van der Waals surface area (Å²) >= 11 is 5.09. The number of hydrogen-bond donors (Lipinski definition) is 2. The molecule has 3 heteroatoms. The van der Waals surface area contributed by atoms with Gasteiger partial charge in [-0.25, -0.2) is 0 Å². The smallest absolute Gasteiger partial charge is 0.131 e. The summed E-state index contributed by atoms with van der Waals surface area (Å²) in [7, 11) is 0. The van der Waals surface area contributed by atoms with Gasteiger partial charge in [0.1, 0.15) is 4.99 Å². The summed E-state index contributed by atoms with van der Waals surface area (Å²) in [5.41, 5.74) is 6.21. The van der Waals surface area contributed by atoms with Crippen LogP contribution in [0.5, 0.6) is 0 Å². The molecule has 0 aliphatic carbocycles. The Morgan fingerprint density at radius 3 is 2.24 bits per heavy atom. The van der Waals surface area contributed by atoms with Gasteiger partial charge < -0.3 is 0 Å². The van der Waals surface area contributed by atoms with Gasteiger partial charge in [0.15, 0.2) is 0 Å². The molecule has 0 heterocycles. The van der Waals surface area contributed by atoms with Crippen molar-refractivity contribution in [3.63, 3.8) is 0 Å². The lowest BCUT2D eigenvalue weighted by Gasteiger charge is -2.11. The Bertz CT molecular complexity index is 551. The van der Waals surface area contributed by atoms with Crippen molar-refractivity contribution in [2.75, 3.05) is 0 Å². The summed E-state index contributed by atoms with van der Waals surface area (Å²) in [6.07, 6.45) is 0. The Hall–Kier alpha value is -1.71. The minimum atomic E-state index is 0.337. The molecule has 0 aliphatic rings. The molecule has 2 N–H and O–H groups in total. The number of thiocarbonyl (C=S) groups is 1. The fourth-order valence-corrected chi connectivity index (χ4v) is 2.03. The van der Waals surface area contributed by atoms with E-state index in [2.05, 4.69) is 13.0 Å². The van der Waals surface area contributed by atoms with Gasteiger partial charge in [0, 0.05) is 5.56 Å². The summed E-state index contributed by atoms with van der Waals surface area (Å²) in [5.74, 6) is 0. The first-order valence-electron chi connectivity index (χ1n) is 5.33. The highest BCUT2D eigenvalue weighted by molar-refractivity contribution is 7.80. The minimum Gasteiger partial charge on any atom is -0.290 e. The third-order valence-electron chi connectivity index (χ3n) is 2.71. The fraction of sp³-hybridized carbons (Fsp3) is 0.0714. The van der Waals surface area contributed by atoms with E-state index < -0.39 is 0 Å². The van der Waals surface area contributed by atoms with Crippen LogP contribution >= 0.6 is 12.2 Å². The van der Waals surface area contributed by atoms with Gasteiger partial charge in [-0.3, -0.25) is 10.7 Å². The predicted molar refractivity (Wildman–Crippen MR) is 73.2 cm³/mol. The maximum absolute atomic E-state index is 8.94. The monoisotopic (exact) mass is 243 g/mol. The van der Waals surface area contributed by atoms with Gasteiger partial charge in [-0.1, -0.05) is 60.7 Å². The normalized spacial score (nSPS) is 10.0. The number of nitrogens with one attached hydrogen (secondary N) is 1. The van der Waals surface area contributed by atoms with Crippen LogP contribution in [-0.2, 0) is 0 Å². The molecular weight excluding hydrogens is 230 g/mol. The SMILES string of the molecule is Cc1ccccc1-c1ccccc1C(=S)NO. The van der Waals surface area contributed by atoms with Crippen LogP contribution in [0.4, 0.5) is 0 Å². The van der Waals surface area contributed by atoms with Crippen molar-refractivity contribution < 1.29 is 5.21 Å². The highest BCUT2D eigenvalue weighted by Crippen LogP contribution is 2.26. The third kappa shape index (κ3) is 2.35. The molecule has 0 radical (unpaired) electrons. The largest absolute Gasteiger partial charge is 0.290 e. The molecule has 2 aromatic carbocycles. The highest BCUT2D eigenvalue weighted by atomic mass is 32.1. The van der Waals surface area contributed by atoms with Crippen molar-refractivity contribution in [3.05, 3.63) is 59.7 Å². The number of hydrogen-bond acceptors (Lipinski definition) is 2. The Morgan fingerprint density at radius 2 is 1.59 bits per heavy atom. The predicted octanol–water partition coefficient (Wildman–Crippen LogP) is 3.32. The van der Waals surface area contributed by atoms with Gasteiger partial charge in [-0.15, -0.1) is 0 Å². The van der Waals surface area contributed by atoms with Gasteiger partial charge in [0.2, 0.25) is 0 Å². The van der Waals surface area contributed by atoms with Crippen molar-refractivity contribution in [2.45, 2.75) is 6.92 Å². The molecule has 0 amide bonds. The van der Waals surface area contributed by atoms with E-state index >= 15 is 0 Å². The van der Waals surface area contributed by atoms with E-state index in [4.69, 9.17) is 17.4 Å². The van der Waals surface area contributed by atoms with Gasteiger partial charge in [-0.05, 0) is 23.6 Å². The van der Waals surface area contributed by atoms with Crippen LogP contribution in [0.3, 0.4) is 0 Å². The quantitative estimate of drug-likeness (QED) is 0.627. The highest BCUT2D eigenvalue weighted by Gasteiger charge is 2.09. The van der Waals surface area contributed by atoms with Crippen LogP contribution in [0.25, 0.3) is 11.1 Å². The van der Waals surface area contributed by atoms with Crippen LogP contribution in [0, 0.1) is 6.92 Å². The molecule has 0 saturated carbocycles. The number of aryl methyl sites for hydroxylation is 1. The zero-order chi connectivity index (χ0) is 12.3. The van der Waals surface area contributed by atoms with Gasteiger partial charge in [0.25, 0.3) is 0 Å². The maximum atomic E-state index is 8.94. The standard InChI is InChI=1S/C14H13NOS/c1-10-6-2-3-7-11(10)12-8-4-5-9-13(12)14(17)15-16/h2-9,16H,1H3,(H,15,17). The molecule has 0 bridgehead atoms. The second kappa shape index (κ2) is 5.08. The lowest BCUT2D eigenvalue weighted by atomic mass is 9.96. The van der Waals surface area contributed by atoms with E-state index in [9.17, 15) is 0 Å². The van der Waals surface area contributed by atoms with Crippen LogP contribution in [0.15, 0.2) is 48.5 Å². The van der Waals surface area contributed by atoms with E-state index in [0.717, 1.165) is 16.7 Å². The average Bonchev–Trinajstić information content (AvgIpc) is 2.38. The van der Waals surface area contributed by atoms with Crippen molar-refractivity contribution in [1.82, 2.24) is 5.48 Å². The molecule has 0 atom stereocenters. The molecule has 0 aromatic heterocycles. The molecule has 0 unspecified atom stereocenters. The summed E-state index contributed by atoms with van der Waals surface area (Å²) in [6.45, 7) is 2.06. The molecule has 2 aromatic rings. The molecular formula is C14H13NOS. The topological polar surface area (TPSA) is 32.3 Å². The Morgan fingerprint density at radius 1 is 1.00 bits per heavy atom. The fourth-order valence-electron chi connectivity index (χ4n) is 1.85. The lowest BCUT2D eigenvalue weighted by Crippen LogP contribution is -2.18. The van der Waals surface area contributed by atoms with Crippen molar-refractivity contribution >= 4 is 17.2 Å². The first kappa shape index (κ1) is 11.8. The first-order chi connectivity index (χ1) is 8.24. The molecule has 86 valence electrons. The molecule has 0 fully saturated rings. The molecule has 0 saturated heterocycles. The van der Waals surface area contributed by atoms with Crippen LogP contribution in [0.2, 0.25) is 0 Å². The van der Waals surface area contributed by atoms with Gasteiger partial charge >= 0.3 is 0 Å². The van der Waals surface area contributed by atoms with Gasteiger partial charge in [-0.2, -0.15) is 0 Å². The molecule has 2 nitrogen and oxygen atoms in total. The maximum Gasteiger partial charge on any atom is 0.131 e. The average molecular weight is 243 g/mol. The van der Waals surface area contributed by atoms with E-state index in [0.29, 0.717) is 4.99 Å². The number of hydroxylamine groups is 1. The Labute approximate surface area is 106 Å². The lowest BCUT2D eigenvalue weighted by molar-refractivity contribution is 0.238. The first-order valence-corrected chi connectivity index (χ1v) is 5.74. The Kier molecular flexibility index (Phi) is 3.52. The summed E-state index contributed by atoms with van der Waals surface area (Å²) in [5, 5.41) is 8.94. The van der Waals surface area contributed by atoms with Crippen LogP contribution in [-0.4, -0.2) is 10.2 Å². The molecule has 2 rings (SSSR count).